The van der Waals surface area contributed by atoms with E-state index in [4.69, 9.17) is 0 Å². The Morgan fingerprint density at radius 1 is 1.00 bits per heavy atom. The quantitative estimate of drug-likeness (QED) is 0.425. The maximum atomic E-state index is 9.67. The molecule has 0 aliphatic heterocycles. The Morgan fingerprint density at radius 3 is 1.50 bits per heavy atom. The van der Waals surface area contributed by atoms with E-state index in [1.54, 1.807) is 0 Å². The van der Waals surface area contributed by atoms with Crippen LogP contribution in [0.3, 0.4) is 0 Å². The second-order valence-corrected chi connectivity index (χ2v) is 1.90. The molecular formula is C7H9BF4. The zero-order valence-corrected chi connectivity index (χ0v) is 6.51. The van der Waals surface area contributed by atoms with Crippen LogP contribution in [-0.4, -0.2) is 7.54 Å². The van der Waals surface area contributed by atoms with Crippen LogP contribution in [0.5, 0.6) is 0 Å². The van der Waals surface area contributed by atoms with E-state index in [1.165, 1.54) is 5.56 Å². The molecule has 0 fully saturated rings. The Kier molecular flexibility index (Phi) is 9.18. The molecule has 0 radical (unpaired) electrons. The first-order chi connectivity index (χ1) is 5.13. The fourth-order valence-electron chi connectivity index (χ4n) is 0.534. The predicted molar refractivity (Wildman–Crippen MR) is 42.8 cm³/mol. The summed E-state index contributed by atoms with van der Waals surface area (Å²) in [6.45, 7) is 2.08. The summed E-state index contributed by atoms with van der Waals surface area (Å²) in [5.41, 5.74) is 1.32. The van der Waals surface area contributed by atoms with Gasteiger partial charge in [-0.15, -0.1) is 0 Å². The van der Waals surface area contributed by atoms with Crippen LogP contribution in [0.4, 0.5) is 17.7 Å². The second kappa shape index (κ2) is 8.10. The highest BCUT2D eigenvalue weighted by Crippen LogP contribution is 1.92. The van der Waals surface area contributed by atoms with Gasteiger partial charge in [-0.25, -0.2) is 0 Å². The van der Waals surface area contributed by atoms with E-state index in [2.05, 4.69) is 19.1 Å². The second-order valence-electron chi connectivity index (χ2n) is 1.90. The smallest absolute Gasteiger partial charge is 0.269 e. The topological polar surface area (TPSA) is 0 Å². The van der Waals surface area contributed by atoms with E-state index in [9.17, 15) is 12.9 Å². The molecular weight excluding hydrogens is 171 g/mol. The monoisotopic (exact) mass is 180 g/mol. The van der Waals surface area contributed by atoms with Gasteiger partial charge in [-0.3, -0.25) is 17.7 Å². The van der Waals surface area contributed by atoms with Crippen LogP contribution in [0.1, 0.15) is 5.56 Å². The molecule has 0 spiro atoms. The van der Waals surface area contributed by atoms with Crippen molar-refractivity contribution in [2.24, 2.45) is 0 Å². The van der Waals surface area contributed by atoms with Crippen molar-refractivity contribution in [1.82, 2.24) is 0 Å². The summed E-state index contributed by atoms with van der Waals surface area (Å²) in [7, 11) is -3.67. The van der Waals surface area contributed by atoms with Gasteiger partial charge in [0, 0.05) is 0 Å². The molecule has 68 valence electrons. The number of hydrogen-bond donors (Lipinski definition) is 0. The molecule has 0 saturated heterocycles. The van der Waals surface area contributed by atoms with Gasteiger partial charge in [-0.2, -0.15) is 0 Å². The van der Waals surface area contributed by atoms with Gasteiger partial charge in [0.25, 0.3) is 0 Å². The summed E-state index contributed by atoms with van der Waals surface area (Å²) in [6, 6.07) is 10.3. The summed E-state index contributed by atoms with van der Waals surface area (Å²) < 4.78 is 29.0. The molecule has 1 rings (SSSR count). The highest BCUT2D eigenvalue weighted by atomic mass is 19.4. The molecule has 0 aliphatic carbocycles. The van der Waals surface area contributed by atoms with Crippen LogP contribution in [0.25, 0.3) is 0 Å². The number of benzene rings is 1. The Balaban J connectivity index is 0. The van der Waals surface area contributed by atoms with Crippen molar-refractivity contribution in [3.8, 4) is 0 Å². The Morgan fingerprint density at radius 2 is 1.33 bits per heavy atom. The Bertz CT molecular complexity index is 175. The number of aryl methyl sites for hydroxylation is 1. The first-order valence-corrected chi connectivity index (χ1v) is 3.07. The minimum absolute atomic E-state index is 0. The Labute approximate surface area is 69.0 Å². The third-order valence-corrected chi connectivity index (χ3v) is 0.940. The van der Waals surface area contributed by atoms with Gasteiger partial charge in [0.2, 0.25) is 0 Å². The van der Waals surface area contributed by atoms with Gasteiger partial charge in [0.1, 0.15) is 0 Å². The lowest BCUT2D eigenvalue weighted by molar-refractivity contribution is 0.535. The summed E-state index contributed by atoms with van der Waals surface area (Å²) in [5.74, 6) is 0. The lowest BCUT2D eigenvalue weighted by atomic mass is 10.2. The molecule has 0 saturated carbocycles. The molecule has 0 nitrogen and oxygen atoms in total. The van der Waals surface area contributed by atoms with Gasteiger partial charge in [0.15, 0.2) is 0 Å². The number of hydrogen-bond acceptors (Lipinski definition) is 0. The summed E-state index contributed by atoms with van der Waals surface area (Å²) >= 11 is 0. The van der Waals surface area contributed by atoms with Gasteiger partial charge in [-0.1, -0.05) is 35.9 Å². The van der Waals surface area contributed by atoms with E-state index < -0.39 is 7.54 Å². The van der Waals surface area contributed by atoms with Crippen LogP contribution in [0, 0.1) is 6.92 Å². The van der Waals surface area contributed by atoms with Crippen molar-refractivity contribution < 1.29 is 17.7 Å². The van der Waals surface area contributed by atoms with Crippen molar-refractivity contribution in [3.05, 3.63) is 35.9 Å². The maximum absolute atomic E-state index is 9.67. The van der Waals surface area contributed by atoms with Crippen molar-refractivity contribution in [2.75, 3.05) is 0 Å². The number of rotatable bonds is 0. The third kappa shape index (κ3) is 11.8. The fraction of sp³-hybridized carbons (Fsp3) is 0.143. The molecule has 1 aromatic carbocycles. The van der Waals surface area contributed by atoms with E-state index in [1.807, 2.05) is 18.2 Å². The third-order valence-electron chi connectivity index (χ3n) is 0.940. The van der Waals surface area contributed by atoms with Crippen molar-refractivity contribution in [3.63, 3.8) is 0 Å². The van der Waals surface area contributed by atoms with Crippen molar-refractivity contribution in [1.29, 1.82) is 0 Å². The molecule has 1 aromatic rings. The first-order valence-electron chi connectivity index (χ1n) is 3.07. The molecule has 0 unspecified atom stereocenters. The maximum Gasteiger partial charge on any atom is 0.762 e. The van der Waals surface area contributed by atoms with E-state index >= 15 is 0 Å². The molecule has 0 N–H and O–H groups in total. The van der Waals surface area contributed by atoms with Crippen LogP contribution < -0.4 is 0 Å². The summed E-state index contributed by atoms with van der Waals surface area (Å²) in [6.07, 6.45) is 0. The SMILES string of the molecule is Cc1ccccc1.F.FB(F)F. The van der Waals surface area contributed by atoms with E-state index in [-0.39, 0.29) is 4.70 Å². The van der Waals surface area contributed by atoms with Crippen molar-refractivity contribution >= 4 is 7.54 Å². The van der Waals surface area contributed by atoms with Crippen LogP contribution >= 0.6 is 0 Å². The lowest BCUT2D eigenvalue weighted by Gasteiger charge is -1.82. The normalized spacial score (nSPS) is 7.33. The molecule has 0 aromatic heterocycles. The van der Waals surface area contributed by atoms with E-state index in [0.29, 0.717) is 0 Å². The van der Waals surface area contributed by atoms with Crippen LogP contribution in [0.15, 0.2) is 30.3 Å². The largest absolute Gasteiger partial charge is 0.762 e. The highest BCUT2D eigenvalue weighted by Gasteiger charge is 2.06. The number of halogens is 4. The van der Waals surface area contributed by atoms with Gasteiger partial charge >= 0.3 is 7.54 Å². The van der Waals surface area contributed by atoms with Gasteiger partial charge in [0.05, 0.1) is 0 Å². The zero-order valence-electron chi connectivity index (χ0n) is 6.51. The average molecular weight is 180 g/mol. The average Bonchev–Trinajstić information content (AvgIpc) is 1.87. The molecule has 0 amide bonds. The molecule has 0 bridgehead atoms. The van der Waals surface area contributed by atoms with Crippen molar-refractivity contribution in [2.45, 2.75) is 6.92 Å². The van der Waals surface area contributed by atoms with Gasteiger partial charge in [-0.05, 0) is 6.92 Å². The molecule has 0 heterocycles. The van der Waals surface area contributed by atoms with Crippen LogP contribution in [0.2, 0.25) is 0 Å². The van der Waals surface area contributed by atoms with Gasteiger partial charge < -0.3 is 0 Å². The molecule has 12 heavy (non-hydrogen) atoms. The first kappa shape index (κ1) is 13.6. The summed E-state index contributed by atoms with van der Waals surface area (Å²) in [5, 5.41) is 0. The highest BCUT2D eigenvalue weighted by molar-refractivity contribution is 6.33. The minimum atomic E-state index is -3.67. The molecule has 0 aliphatic rings. The van der Waals surface area contributed by atoms with Crippen LogP contribution in [-0.2, 0) is 0 Å². The lowest BCUT2D eigenvalue weighted by Crippen LogP contribution is -1.76. The predicted octanol–water partition coefficient (Wildman–Crippen LogP) is 3.03. The fourth-order valence-corrected chi connectivity index (χ4v) is 0.534. The molecule has 5 heteroatoms. The minimum Gasteiger partial charge on any atom is -0.269 e. The summed E-state index contributed by atoms with van der Waals surface area (Å²) in [4.78, 5) is 0. The zero-order chi connectivity index (χ0) is 8.69. The van der Waals surface area contributed by atoms with E-state index in [0.717, 1.165) is 0 Å². The Hall–Kier alpha value is -0.995. The molecule has 0 atom stereocenters. The standard InChI is InChI=1S/C7H8.BF3.FH/c1-7-5-3-2-4-6-7;2-1(3)4;/h2-6H,1H3;;1H.